The number of methoxy groups -OCH3 is 1. The summed E-state index contributed by atoms with van der Waals surface area (Å²) in [5, 5.41) is 0.946. The van der Waals surface area contributed by atoms with E-state index in [0.717, 1.165) is 17.7 Å². The van der Waals surface area contributed by atoms with Gasteiger partial charge in [0.25, 0.3) is 0 Å². The third kappa shape index (κ3) is 4.91. The zero-order chi connectivity index (χ0) is 7.28. The second kappa shape index (κ2) is 5.24. The van der Waals surface area contributed by atoms with E-state index >= 15 is 0 Å². The molecule has 0 aromatic rings. The monoisotopic (exact) mass is 194 g/mol. The number of rotatable bonds is 4. The molecule has 0 aliphatic heterocycles. The average molecular weight is 195 g/mol. The Labute approximate surface area is 65.9 Å². The molecule has 9 heavy (non-hydrogen) atoms. The van der Waals surface area contributed by atoms with Crippen LogP contribution in [0.5, 0.6) is 0 Å². The molecule has 2 heteroatoms. The van der Waals surface area contributed by atoms with Crippen molar-refractivity contribution in [2.75, 3.05) is 12.4 Å². The lowest BCUT2D eigenvalue weighted by Gasteiger charge is -2.13. The maximum absolute atomic E-state index is 5.16. The molecule has 0 amide bonds. The lowest BCUT2D eigenvalue weighted by atomic mass is 10.1. The van der Waals surface area contributed by atoms with Gasteiger partial charge in [-0.25, -0.2) is 0 Å². The number of hydrogen-bond acceptors (Lipinski definition) is 1. The topological polar surface area (TPSA) is 9.23 Å². The molecule has 0 saturated heterocycles. The first kappa shape index (κ1) is 9.44. The first-order valence-electron chi connectivity index (χ1n) is 3.29. The molecule has 0 aliphatic rings. The fourth-order valence-corrected chi connectivity index (χ4v) is 1.28. The van der Waals surface area contributed by atoms with Gasteiger partial charge < -0.3 is 4.74 Å². The van der Waals surface area contributed by atoms with Crippen LogP contribution in [0.1, 0.15) is 20.3 Å². The molecular weight excluding hydrogens is 180 g/mol. The fourth-order valence-electron chi connectivity index (χ4n) is 0.748. The predicted molar refractivity (Wildman–Crippen MR) is 44.0 cm³/mol. The second-order valence-corrected chi connectivity index (χ2v) is 3.29. The smallest absolute Gasteiger partial charge is 0.0670 e. The van der Waals surface area contributed by atoms with Gasteiger partial charge in [-0.1, -0.05) is 29.8 Å². The van der Waals surface area contributed by atoms with E-state index in [2.05, 4.69) is 29.8 Å². The first-order valence-corrected chi connectivity index (χ1v) is 4.41. The Bertz CT molecular complexity index is 59.9. The van der Waals surface area contributed by atoms with Crippen molar-refractivity contribution in [3.05, 3.63) is 0 Å². The highest BCUT2D eigenvalue weighted by Gasteiger charge is 2.06. The van der Waals surface area contributed by atoms with Gasteiger partial charge in [-0.2, -0.15) is 0 Å². The molecule has 1 nitrogen and oxygen atoms in total. The summed E-state index contributed by atoms with van der Waals surface area (Å²) in [5.74, 6) is 0.729. The summed E-state index contributed by atoms with van der Waals surface area (Å²) in [7, 11) is 1.76. The summed E-state index contributed by atoms with van der Waals surface area (Å²) in [5.41, 5.74) is 0. The van der Waals surface area contributed by atoms with Crippen molar-refractivity contribution < 1.29 is 4.74 Å². The minimum atomic E-state index is 0.394. The van der Waals surface area contributed by atoms with Crippen molar-refractivity contribution in [3.8, 4) is 0 Å². The summed E-state index contributed by atoms with van der Waals surface area (Å²) in [6, 6.07) is 0. The lowest BCUT2D eigenvalue weighted by molar-refractivity contribution is 0.104. The van der Waals surface area contributed by atoms with Gasteiger partial charge in [-0.15, -0.1) is 0 Å². The van der Waals surface area contributed by atoms with Crippen molar-refractivity contribution in [1.29, 1.82) is 0 Å². The maximum atomic E-state index is 5.16. The Morgan fingerprint density at radius 3 is 2.11 bits per heavy atom. The van der Waals surface area contributed by atoms with Crippen molar-refractivity contribution in [3.63, 3.8) is 0 Å². The molecule has 0 aromatic heterocycles. The Morgan fingerprint density at radius 2 is 2.00 bits per heavy atom. The molecule has 0 fully saturated rings. The van der Waals surface area contributed by atoms with Crippen LogP contribution >= 0.6 is 15.9 Å². The maximum Gasteiger partial charge on any atom is 0.0670 e. The SMILES string of the molecule is COC(CBr)CC(C)C. The summed E-state index contributed by atoms with van der Waals surface area (Å²) in [6.07, 6.45) is 1.53. The van der Waals surface area contributed by atoms with Crippen LogP contribution in [0, 0.1) is 5.92 Å². The molecule has 0 spiro atoms. The van der Waals surface area contributed by atoms with Crippen LogP contribution in [0.25, 0.3) is 0 Å². The van der Waals surface area contributed by atoms with Gasteiger partial charge in [0.15, 0.2) is 0 Å². The Kier molecular flexibility index (Phi) is 5.50. The van der Waals surface area contributed by atoms with Gasteiger partial charge in [0.05, 0.1) is 6.10 Å². The third-order valence-electron chi connectivity index (χ3n) is 1.24. The number of halogens is 1. The summed E-state index contributed by atoms with van der Waals surface area (Å²) >= 11 is 3.38. The number of hydrogen-bond donors (Lipinski definition) is 0. The van der Waals surface area contributed by atoms with Crippen LogP contribution in [0.2, 0.25) is 0 Å². The zero-order valence-electron chi connectivity index (χ0n) is 6.36. The van der Waals surface area contributed by atoms with Crippen molar-refractivity contribution in [2.24, 2.45) is 5.92 Å². The van der Waals surface area contributed by atoms with Crippen LogP contribution in [0.3, 0.4) is 0 Å². The van der Waals surface area contributed by atoms with Crippen LogP contribution < -0.4 is 0 Å². The summed E-state index contributed by atoms with van der Waals surface area (Å²) in [4.78, 5) is 0. The quantitative estimate of drug-likeness (QED) is 0.626. The Balaban J connectivity index is 3.31. The van der Waals surface area contributed by atoms with E-state index in [1.54, 1.807) is 7.11 Å². The van der Waals surface area contributed by atoms with E-state index in [1.165, 1.54) is 0 Å². The highest BCUT2D eigenvalue weighted by molar-refractivity contribution is 9.09. The molecule has 0 aliphatic carbocycles. The molecule has 0 saturated carbocycles. The van der Waals surface area contributed by atoms with Gasteiger partial charge in [0.2, 0.25) is 0 Å². The van der Waals surface area contributed by atoms with Crippen LogP contribution in [0.4, 0.5) is 0 Å². The van der Waals surface area contributed by atoms with Crippen LogP contribution in [0.15, 0.2) is 0 Å². The molecule has 0 N–H and O–H groups in total. The minimum absolute atomic E-state index is 0.394. The molecule has 0 rings (SSSR count). The summed E-state index contributed by atoms with van der Waals surface area (Å²) < 4.78 is 5.16. The standard InChI is InChI=1S/C7H15BrO/c1-6(2)4-7(5-8)9-3/h6-7H,4-5H2,1-3H3. The predicted octanol–water partition coefficient (Wildman–Crippen LogP) is 2.44. The lowest BCUT2D eigenvalue weighted by Crippen LogP contribution is -2.14. The van der Waals surface area contributed by atoms with E-state index in [9.17, 15) is 0 Å². The molecule has 1 unspecified atom stereocenters. The second-order valence-electron chi connectivity index (χ2n) is 2.64. The summed E-state index contributed by atoms with van der Waals surface area (Å²) in [6.45, 7) is 4.41. The largest absolute Gasteiger partial charge is 0.381 e. The van der Waals surface area contributed by atoms with Crippen LogP contribution in [-0.4, -0.2) is 18.5 Å². The molecule has 0 radical (unpaired) electrons. The van der Waals surface area contributed by atoms with Gasteiger partial charge in [0.1, 0.15) is 0 Å². The van der Waals surface area contributed by atoms with Crippen molar-refractivity contribution in [1.82, 2.24) is 0 Å². The highest BCUT2D eigenvalue weighted by atomic mass is 79.9. The third-order valence-corrected chi connectivity index (χ3v) is 1.96. The van der Waals surface area contributed by atoms with Gasteiger partial charge >= 0.3 is 0 Å². The van der Waals surface area contributed by atoms with Crippen molar-refractivity contribution in [2.45, 2.75) is 26.4 Å². The Hall–Kier alpha value is 0.440. The van der Waals surface area contributed by atoms with E-state index in [-0.39, 0.29) is 0 Å². The van der Waals surface area contributed by atoms with E-state index < -0.39 is 0 Å². The molecule has 56 valence electrons. The molecule has 0 aromatic carbocycles. The number of alkyl halides is 1. The molecular formula is C7H15BrO. The van der Waals surface area contributed by atoms with E-state index in [0.29, 0.717) is 6.10 Å². The minimum Gasteiger partial charge on any atom is -0.381 e. The molecule has 0 heterocycles. The Morgan fingerprint density at radius 1 is 1.44 bits per heavy atom. The number of ether oxygens (including phenoxy) is 1. The highest BCUT2D eigenvalue weighted by Crippen LogP contribution is 2.08. The van der Waals surface area contributed by atoms with Gasteiger partial charge in [0, 0.05) is 12.4 Å². The fraction of sp³-hybridized carbons (Fsp3) is 1.00. The molecule has 1 atom stereocenters. The van der Waals surface area contributed by atoms with E-state index in [1.807, 2.05) is 0 Å². The van der Waals surface area contributed by atoms with E-state index in [4.69, 9.17) is 4.74 Å². The van der Waals surface area contributed by atoms with Gasteiger partial charge in [-0.05, 0) is 12.3 Å². The van der Waals surface area contributed by atoms with Crippen LogP contribution in [-0.2, 0) is 4.74 Å². The normalized spacial score (nSPS) is 14.3. The molecule has 0 bridgehead atoms. The van der Waals surface area contributed by atoms with Crippen molar-refractivity contribution >= 4 is 15.9 Å². The first-order chi connectivity index (χ1) is 4.20. The van der Waals surface area contributed by atoms with Gasteiger partial charge in [-0.3, -0.25) is 0 Å². The zero-order valence-corrected chi connectivity index (χ0v) is 7.94. The average Bonchev–Trinajstić information content (AvgIpc) is 1.82.